The van der Waals surface area contributed by atoms with Crippen molar-refractivity contribution in [3.05, 3.63) is 45.9 Å². The summed E-state index contributed by atoms with van der Waals surface area (Å²) in [6.45, 7) is 1.00. The van der Waals surface area contributed by atoms with E-state index >= 15 is 0 Å². The van der Waals surface area contributed by atoms with Gasteiger partial charge in [-0.1, -0.05) is 18.2 Å². The Hall–Kier alpha value is -2.25. The number of ether oxygens (including phenoxy) is 1. The van der Waals surface area contributed by atoms with Gasteiger partial charge in [0.1, 0.15) is 11.8 Å². The number of hydrogen-bond donors (Lipinski definition) is 0. The second kappa shape index (κ2) is 3.65. The number of rotatable bonds is 1. The molecule has 0 saturated heterocycles. The smallest absolute Gasteiger partial charge is 0.126 e. The molecule has 0 spiro atoms. The van der Waals surface area contributed by atoms with Crippen molar-refractivity contribution < 1.29 is 4.74 Å². The van der Waals surface area contributed by atoms with E-state index in [0.717, 1.165) is 21.9 Å². The van der Waals surface area contributed by atoms with Crippen molar-refractivity contribution in [1.29, 1.82) is 5.26 Å². The van der Waals surface area contributed by atoms with Crippen molar-refractivity contribution in [1.82, 2.24) is 0 Å². The van der Waals surface area contributed by atoms with Gasteiger partial charge in [0.2, 0.25) is 0 Å². The summed E-state index contributed by atoms with van der Waals surface area (Å²) in [7, 11) is 0. The van der Waals surface area contributed by atoms with E-state index in [1.165, 1.54) is 0 Å². The summed E-state index contributed by atoms with van der Waals surface area (Å²) < 4.78 is 5.43. The normalized spacial score (nSPS) is 13.4. The lowest BCUT2D eigenvalue weighted by atomic mass is 9.94. The maximum absolute atomic E-state index is 10.8. The zero-order valence-corrected chi connectivity index (χ0v) is 8.93. The fourth-order valence-corrected chi connectivity index (χ4v) is 2.33. The third-order valence-electron chi connectivity index (χ3n) is 3.03. The van der Waals surface area contributed by atoms with Crippen molar-refractivity contribution >= 4 is 16.5 Å². The van der Waals surface area contributed by atoms with Gasteiger partial charge in [-0.2, -0.15) is 5.26 Å². The standard InChI is InChI=1S/C13H8N2O2/c14-5-11-10-3-1-2-8-6-17-7-9(13(8)10)4-12(11)15-16/h1-4H,6-7H2. The Morgan fingerprint density at radius 1 is 1.29 bits per heavy atom. The van der Waals surface area contributed by atoms with Crippen LogP contribution in [0.2, 0.25) is 0 Å². The molecule has 0 aliphatic carbocycles. The van der Waals surface area contributed by atoms with Crippen LogP contribution < -0.4 is 0 Å². The van der Waals surface area contributed by atoms with Crippen LogP contribution >= 0.6 is 0 Å². The second-order valence-corrected chi connectivity index (χ2v) is 3.97. The summed E-state index contributed by atoms with van der Waals surface area (Å²) in [4.78, 5) is 10.8. The molecule has 0 aromatic heterocycles. The molecule has 0 fully saturated rings. The molecule has 2 aromatic rings. The quantitative estimate of drug-likeness (QED) is 0.699. The number of benzene rings is 2. The van der Waals surface area contributed by atoms with Crippen LogP contribution in [0.15, 0.2) is 29.4 Å². The maximum atomic E-state index is 10.8. The molecule has 0 amide bonds. The minimum atomic E-state index is 0.192. The predicted octanol–water partition coefficient (Wildman–Crippen LogP) is 3.14. The molecule has 1 aliphatic heterocycles. The molecule has 2 aromatic carbocycles. The Labute approximate surface area is 97.4 Å². The van der Waals surface area contributed by atoms with E-state index in [0.29, 0.717) is 18.8 Å². The summed E-state index contributed by atoms with van der Waals surface area (Å²) in [6.07, 6.45) is 0. The first-order chi connectivity index (χ1) is 8.35. The molecule has 0 N–H and O–H groups in total. The fourth-order valence-electron chi connectivity index (χ4n) is 2.33. The predicted molar refractivity (Wildman–Crippen MR) is 62.6 cm³/mol. The Kier molecular flexibility index (Phi) is 2.13. The molecule has 1 heterocycles. The van der Waals surface area contributed by atoms with Crippen LogP contribution in [0.3, 0.4) is 0 Å². The molecule has 0 saturated carbocycles. The molecule has 1 aliphatic rings. The van der Waals surface area contributed by atoms with E-state index < -0.39 is 0 Å². The largest absolute Gasteiger partial charge is 0.372 e. The highest BCUT2D eigenvalue weighted by Crippen LogP contribution is 2.35. The van der Waals surface area contributed by atoms with Gasteiger partial charge in [0, 0.05) is 5.39 Å². The first-order valence-electron chi connectivity index (χ1n) is 5.24. The first kappa shape index (κ1) is 9.94. The van der Waals surface area contributed by atoms with Gasteiger partial charge >= 0.3 is 0 Å². The third-order valence-corrected chi connectivity index (χ3v) is 3.03. The molecular weight excluding hydrogens is 216 g/mol. The molecule has 17 heavy (non-hydrogen) atoms. The zero-order valence-electron chi connectivity index (χ0n) is 8.93. The van der Waals surface area contributed by atoms with Gasteiger partial charge in [-0.25, -0.2) is 0 Å². The van der Waals surface area contributed by atoms with E-state index in [2.05, 4.69) is 11.2 Å². The molecule has 0 atom stereocenters. The average molecular weight is 224 g/mol. The van der Waals surface area contributed by atoms with Crippen LogP contribution in [-0.2, 0) is 18.0 Å². The molecular formula is C13H8N2O2. The van der Waals surface area contributed by atoms with Crippen LogP contribution in [0.5, 0.6) is 0 Å². The van der Waals surface area contributed by atoms with E-state index in [1.807, 2.05) is 18.2 Å². The highest BCUT2D eigenvalue weighted by molar-refractivity contribution is 5.97. The van der Waals surface area contributed by atoms with Crippen LogP contribution in [0.25, 0.3) is 10.8 Å². The van der Waals surface area contributed by atoms with Gasteiger partial charge < -0.3 is 4.74 Å². The topological polar surface area (TPSA) is 62.5 Å². The van der Waals surface area contributed by atoms with Gasteiger partial charge in [-0.15, -0.1) is 4.91 Å². The van der Waals surface area contributed by atoms with E-state index in [9.17, 15) is 4.91 Å². The Bertz CT molecular complexity index is 671. The second-order valence-electron chi connectivity index (χ2n) is 3.97. The lowest BCUT2D eigenvalue weighted by Crippen LogP contribution is -2.04. The first-order valence-corrected chi connectivity index (χ1v) is 5.24. The summed E-state index contributed by atoms with van der Waals surface area (Å²) >= 11 is 0. The maximum Gasteiger partial charge on any atom is 0.126 e. The van der Waals surface area contributed by atoms with Crippen LogP contribution in [0.1, 0.15) is 16.7 Å². The van der Waals surface area contributed by atoms with Crippen molar-refractivity contribution in [2.75, 3.05) is 0 Å². The van der Waals surface area contributed by atoms with Crippen LogP contribution in [-0.4, -0.2) is 0 Å². The van der Waals surface area contributed by atoms with Crippen LogP contribution in [0, 0.1) is 16.2 Å². The van der Waals surface area contributed by atoms with Gasteiger partial charge in [0.25, 0.3) is 0 Å². The van der Waals surface area contributed by atoms with Gasteiger partial charge in [-0.05, 0) is 27.8 Å². The number of hydrogen-bond acceptors (Lipinski definition) is 4. The number of nitriles is 1. The third kappa shape index (κ3) is 1.33. The number of nitrogens with zero attached hydrogens (tertiary/aromatic N) is 2. The van der Waals surface area contributed by atoms with E-state index in [-0.39, 0.29) is 5.69 Å². The minimum Gasteiger partial charge on any atom is -0.372 e. The van der Waals surface area contributed by atoms with Gasteiger partial charge in [-0.3, -0.25) is 0 Å². The Morgan fingerprint density at radius 2 is 2.12 bits per heavy atom. The van der Waals surface area contributed by atoms with Crippen molar-refractivity contribution in [2.24, 2.45) is 5.18 Å². The molecule has 0 radical (unpaired) electrons. The molecule has 0 bridgehead atoms. The average Bonchev–Trinajstić information content (AvgIpc) is 2.39. The summed E-state index contributed by atoms with van der Waals surface area (Å²) in [5.74, 6) is 0. The van der Waals surface area contributed by atoms with Crippen LogP contribution in [0.4, 0.5) is 5.69 Å². The summed E-state index contributed by atoms with van der Waals surface area (Å²) in [5.41, 5.74) is 2.52. The highest BCUT2D eigenvalue weighted by atomic mass is 16.5. The lowest BCUT2D eigenvalue weighted by molar-refractivity contribution is 0.103. The van der Waals surface area contributed by atoms with Crippen molar-refractivity contribution in [3.63, 3.8) is 0 Å². The van der Waals surface area contributed by atoms with E-state index in [1.54, 1.807) is 6.07 Å². The summed E-state index contributed by atoms with van der Waals surface area (Å²) in [5, 5.41) is 13.9. The Morgan fingerprint density at radius 3 is 2.88 bits per heavy atom. The number of nitroso groups, excluding NO2 is 1. The highest BCUT2D eigenvalue weighted by Gasteiger charge is 2.18. The van der Waals surface area contributed by atoms with Gasteiger partial charge in [0.05, 0.1) is 18.8 Å². The lowest BCUT2D eigenvalue weighted by Gasteiger charge is -2.18. The Balaban J connectivity index is 2.52. The SMILES string of the molecule is N#Cc1c(N=O)cc2c3c(cccc13)COC2. The molecule has 3 rings (SSSR count). The molecule has 0 unspecified atom stereocenters. The van der Waals surface area contributed by atoms with Gasteiger partial charge in [0.15, 0.2) is 0 Å². The molecule has 4 heteroatoms. The summed E-state index contributed by atoms with van der Waals surface area (Å²) in [6, 6.07) is 9.39. The van der Waals surface area contributed by atoms with Crippen molar-refractivity contribution in [2.45, 2.75) is 13.2 Å². The molecule has 82 valence electrons. The van der Waals surface area contributed by atoms with E-state index in [4.69, 9.17) is 10.00 Å². The minimum absolute atomic E-state index is 0.192. The van der Waals surface area contributed by atoms with Crippen molar-refractivity contribution in [3.8, 4) is 6.07 Å². The zero-order chi connectivity index (χ0) is 11.8. The molecule has 4 nitrogen and oxygen atoms in total. The monoisotopic (exact) mass is 224 g/mol. The fraction of sp³-hybridized carbons (Fsp3) is 0.154.